The third kappa shape index (κ3) is 3.72. The Labute approximate surface area is 89.7 Å². The van der Waals surface area contributed by atoms with Crippen molar-refractivity contribution >= 4 is 5.97 Å². The molecule has 82 valence electrons. The van der Waals surface area contributed by atoms with E-state index in [0.717, 1.165) is 12.0 Å². The Morgan fingerprint density at radius 1 is 1.33 bits per heavy atom. The molecular weight excluding hydrogens is 192 g/mol. The number of aliphatic carboxylic acids is 1. The van der Waals surface area contributed by atoms with Gasteiger partial charge in [-0.25, -0.2) is 4.79 Å². The molecule has 0 aromatic heterocycles. The molecule has 0 spiro atoms. The van der Waals surface area contributed by atoms with E-state index >= 15 is 0 Å². The lowest BCUT2D eigenvalue weighted by atomic mass is 10.1. The molecule has 0 heterocycles. The first-order valence-electron chi connectivity index (χ1n) is 5.05. The Balaban J connectivity index is 2.47. The molecular formula is C12H16O3. The van der Waals surface area contributed by atoms with Gasteiger partial charge >= 0.3 is 5.97 Å². The zero-order chi connectivity index (χ0) is 11.3. The van der Waals surface area contributed by atoms with E-state index in [1.807, 2.05) is 24.3 Å². The second kappa shape index (κ2) is 5.51. The second-order valence-corrected chi connectivity index (χ2v) is 3.46. The lowest BCUT2D eigenvalue weighted by Crippen LogP contribution is -2.19. The number of carboxylic acids is 1. The minimum Gasteiger partial charge on any atom is -0.479 e. The van der Waals surface area contributed by atoms with Gasteiger partial charge in [0.1, 0.15) is 0 Å². The van der Waals surface area contributed by atoms with Crippen LogP contribution in [0.15, 0.2) is 24.3 Å². The van der Waals surface area contributed by atoms with Crippen LogP contribution in [0.5, 0.6) is 0 Å². The van der Waals surface area contributed by atoms with Crippen LogP contribution >= 0.6 is 0 Å². The molecule has 0 saturated heterocycles. The maximum atomic E-state index is 10.5. The molecule has 15 heavy (non-hydrogen) atoms. The van der Waals surface area contributed by atoms with E-state index in [0.29, 0.717) is 6.61 Å². The Morgan fingerprint density at radius 3 is 2.33 bits per heavy atom. The number of hydrogen-bond donors (Lipinski definition) is 1. The SMILES string of the molecule is CCc1ccc(COC(C)C(=O)O)cc1. The predicted molar refractivity (Wildman–Crippen MR) is 57.7 cm³/mol. The van der Waals surface area contributed by atoms with Crippen LogP contribution in [0.1, 0.15) is 25.0 Å². The highest BCUT2D eigenvalue weighted by Gasteiger charge is 2.10. The summed E-state index contributed by atoms with van der Waals surface area (Å²) in [5, 5.41) is 8.62. The summed E-state index contributed by atoms with van der Waals surface area (Å²) in [5.74, 6) is -0.930. The van der Waals surface area contributed by atoms with E-state index in [1.54, 1.807) is 0 Å². The van der Waals surface area contributed by atoms with Crippen LogP contribution in [0, 0.1) is 0 Å². The largest absolute Gasteiger partial charge is 0.479 e. The summed E-state index contributed by atoms with van der Waals surface area (Å²) in [6, 6.07) is 8.00. The van der Waals surface area contributed by atoms with Crippen LogP contribution in [0.2, 0.25) is 0 Å². The Bertz CT molecular complexity index is 316. The summed E-state index contributed by atoms with van der Waals surface area (Å²) >= 11 is 0. The van der Waals surface area contributed by atoms with Crippen molar-refractivity contribution < 1.29 is 14.6 Å². The number of hydrogen-bond acceptors (Lipinski definition) is 2. The van der Waals surface area contributed by atoms with Crippen molar-refractivity contribution in [3.63, 3.8) is 0 Å². The van der Waals surface area contributed by atoms with Gasteiger partial charge in [0.2, 0.25) is 0 Å². The van der Waals surface area contributed by atoms with Gasteiger partial charge in [0.05, 0.1) is 6.61 Å². The monoisotopic (exact) mass is 208 g/mol. The molecule has 0 bridgehead atoms. The second-order valence-electron chi connectivity index (χ2n) is 3.46. The van der Waals surface area contributed by atoms with E-state index < -0.39 is 12.1 Å². The molecule has 0 aliphatic rings. The molecule has 0 fully saturated rings. The molecule has 0 aliphatic carbocycles. The molecule has 0 saturated carbocycles. The van der Waals surface area contributed by atoms with Crippen molar-refractivity contribution in [3.05, 3.63) is 35.4 Å². The van der Waals surface area contributed by atoms with Crippen LogP contribution in [-0.2, 0) is 22.6 Å². The summed E-state index contributed by atoms with van der Waals surface area (Å²) in [6.45, 7) is 3.97. The molecule has 3 heteroatoms. The topological polar surface area (TPSA) is 46.5 Å². The van der Waals surface area contributed by atoms with Crippen molar-refractivity contribution in [1.82, 2.24) is 0 Å². The number of rotatable bonds is 5. The molecule has 1 unspecified atom stereocenters. The molecule has 3 nitrogen and oxygen atoms in total. The number of benzene rings is 1. The lowest BCUT2D eigenvalue weighted by molar-refractivity contribution is -0.149. The van der Waals surface area contributed by atoms with Gasteiger partial charge in [0.25, 0.3) is 0 Å². The van der Waals surface area contributed by atoms with Gasteiger partial charge in [-0.3, -0.25) is 0 Å². The Morgan fingerprint density at radius 2 is 1.87 bits per heavy atom. The average Bonchev–Trinajstić information content (AvgIpc) is 2.26. The normalized spacial score (nSPS) is 12.4. The maximum absolute atomic E-state index is 10.5. The smallest absolute Gasteiger partial charge is 0.332 e. The standard InChI is InChI=1S/C12H16O3/c1-3-10-4-6-11(7-5-10)8-15-9(2)12(13)14/h4-7,9H,3,8H2,1-2H3,(H,13,14). The average molecular weight is 208 g/mol. The van der Waals surface area contributed by atoms with E-state index in [2.05, 4.69) is 6.92 Å². The van der Waals surface area contributed by atoms with Gasteiger partial charge in [-0.05, 0) is 24.5 Å². The zero-order valence-corrected chi connectivity index (χ0v) is 9.06. The van der Waals surface area contributed by atoms with Gasteiger partial charge in [-0.2, -0.15) is 0 Å². The van der Waals surface area contributed by atoms with E-state index in [9.17, 15) is 4.79 Å². The highest BCUT2D eigenvalue weighted by molar-refractivity contribution is 5.71. The van der Waals surface area contributed by atoms with Crippen molar-refractivity contribution in [2.45, 2.75) is 33.0 Å². The third-order valence-electron chi connectivity index (χ3n) is 2.28. The fourth-order valence-corrected chi connectivity index (χ4v) is 1.16. The Kier molecular flexibility index (Phi) is 4.31. The molecule has 1 atom stereocenters. The predicted octanol–water partition coefficient (Wildman–Crippen LogP) is 2.24. The van der Waals surface area contributed by atoms with Gasteiger partial charge in [0, 0.05) is 0 Å². The van der Waals surface area contributed by atoms with Gasteiger partial charge in [-0.1, -0.05) is 31.2 Å². The van der Waals surface area contributed by atoms with Gasteiger partial charge in [0.15, 0.2) is 6.10 Å². The first-order chi connectivity index (χ1) is 7.13. The van der Waals surface area contributed by atoms with E-state index in [-0.39, 0.29) is 0 Å². The highest BCUT2D eigenvalue weighted by atomic mass is 16.5. The molecule has 0 radical (unpaired) electrons. The molecule has 1 rings (SSSR count). The minimum atomic E-state index is -0.930. The van der Waals surface area contributed by atoms with Crippen LogP contribution in [0.25, 0.3) is 0 Å². The minimum absolute atomic E-state index is 0.345. The van der Waals surface area contributed by atoms with Crippen LogP contribution in [-0.4, -0.2) is 17.2 Å². The summed E-state index contributed by atoms with van der Waals surface area (Å²) in [5.41, 5.74) is 2.27. The van der Waals surface area contributed by atoms with Crippen molar-refractivity contribution in [2.75, 3.05) is 0 Å². The maximum Gasteiger partial charge on any atom is 0.332 e. The first kappa shape index (κ1) is 11.7. The van der Waals surface area contributed by atoms with Crippen LogP contribution < -0.4 is 0 Å². The lowest BCUT2D eigenvalue weighted by Gasteiger charge is -2.08. The zero-order valence-electron chi connectivity index (χ0n) is 9.06. The first-order valence-corrected chi connectivity index (χ1v) is 5.05. The number of carbonyl (C=O) groups is 1. The highest BCUT2D eigenvalue weighted by Crippen LogP contribution is 2.07. The molecule has 1 N–H and O–H groups in total. The fourth-order valence-electron chi connectivity index (χ4n) is 1.16. The van der Waals surface area contributed by atoms with Gasteiger partial charge in [-0.15, -0.1) is 0 Å². The van der Waals surface area contributed by atoms with E-state index in [1.165, 1.54) is 12.5 Å². The van der Waals surface area contributed by atoms with Crippen molar-refractivity contribution in [1.29, 1.82) is 0 Å². The fraction of sp³-hybridized carbons (Fsp3) is 0.417. The number of carboxylic acid groups (broad SMARTS) is 1. The van der Waals surface area contributed by atoms with Crippen LogP contribution in [0.3, 0.4) is 0 Å². The summed E-state index contributed by atoms with van der Waals surface area (Å²) in [7, 11) is 0. The molecule has 0 aliphatic heterocycles. The molecule has 1 aromatic rings. The summed E-state index contributed by atoms with van der Waals surface area (Å²) in [6.07, 6.45) is 0.253. The summed E-state index contributed by atoms with van der Waals surface area (Å²) in [4.78, 5) is 10.5. The van der Waals surface area contributed by atoms with Crippen molar-refractivity contribution in [2.24, 2.45) is 0 Å². The van der Waals surface area contributed by atoms with E-state index in [4.69, 9.17) is 9.84 Å². The molecule has 0 amide bonds. The van der Waals surface area contributed by atoms with Crippen LogP contribution in [0.4, 0.5) is 0 Å². The molecule has 1 aromatic carbocycles. The van der Waals surface area contributed by atoms with Crippen molar-refractivity contribution in [3.8, 4) is 0 Å². The Hall–Kier alpha value is -1.35. The number of aryl methyl sites for hydroxylation is 1. The summed E-state index contributed by atoms with van der Waals surface area (Å²) < 4.78 is 5.16. The van der Waals surface area contributed by atoms with Gasteiger partial charge < -0.3 is 9.84 Å². The quantitative estimate of drug-likeness (QED) is 0.807. The third-order valence-corrected chi connectivity index (χ3v) is 2.28. The number of ether oxygens (including phenoxy) is 1.